The predicted molar refractivity (Wildman–Crippen MR) is 215 cm³/mol. The topological polar surface area (TPSA) is 171 Å². The highest BCUT2D eigenvalue weighted by molar-refractivity contribution is 14.1. The number of rotatable bonds is 15. The molecular weight excluding hydrogens is 809 g/mol. The number of urea groups is 1. The number of alkyl halides is 1. The molecule has 3 fully saturated rings. The summed E-state index contributed by atoms with van der Waals surface area (Å²) in [5.41, 5.74) is -1.48. The Kier molecular flexibility index (Phi) is 14.2. The van der Waals surface area contributed by atoms with Gasteiger partial charge in [0.2, 0.25) is 11.7 Å². The molecule has 0 radical (unpaired) electrons. The number of hydrogen-bond donors (Lipinski definition) is 4. The van der Waals surface area contributed by atoms with Crippen molar-refractivity contribution in [3.05, 3.63) is 11.8 Å². The maximum Gasteiger partial charge on any atom is 0.315 e. The summed E-state index contributed by atoms with van der Waals surface area (Å²) in [5.74, 6) is -2.83. The zero-order chi connectivity index (χ0) is 39.4. The summed E-state index contributed by atoms with van der Waals surface area (Å²) >= 11 is 2.31. The second kappa shape index (κ2) is 17.3. The predicted octanol–water partition coefficient (Wildman–Crippen LogP) is 5.62. The number of sulfone groups is 1. The molecule has 5 amide bonds. The highest BCUT2D eigenvalue weighted by Crippen LogP contribution is 2.42. The lowest BCUT2D eigenvalue weighted by Crippen LogP contribution is -2.63. The van der Waals surface area contributed by atoms with Crippen molar-refractivity contribution in [2.24, 2.45) is 11.3 Å². The smallest absolute Gasteiger partial charge is 0.315 e. The summed E-state index contributed by atoms with van der Waals surface area (Å²) in [4.78, 5) is 70.8. The van der Waals surface area contributed by atoms with Gasteiger partial charge in [0.1, 0.15) is 11.7 Å². The zero-order valence-electron chi connectivity index (χ0n) is 33.0. The summed E-state index contributed by atoms with van der Waals surface area (Å²) in [7, 11) is -3.58. The highest BCUT2D eigenvalue weighted by Gasteiger charge is 2.49. The fourth-order valence-electron chi connectivity index (χ4n) is 7.86. The van der Waals surface area contributed by atoms with Gasteiger partial charge in [0.05, 0.1) is 22.1 Å². The molecule has 4 rings (SSSR count). The number of Topliss-reactive ketones (excluding diaryl/α,β-unsaturated/α-hetero) is 1. The average molecular weight is 874 g/mol. The van der Waals surface area contributed by atoms with Crippen LogP contribution in [0.3, 0.4) is 0 Å². The van der Waals surface area contributed by atoms with Crippen LogP contribution < -0.4 is 21.3 Å². The molecule has 1 aliphatic heterocycles. The highest BCUT2D eigenvalue weighted by atomic mass is 127. The molecule has 14 heteroatoms. The Morgan fingerprint density at radius 3 is 2.04 bits per heavy atom. The Labute approximate surface area is 331 Å². The molecular formula is C39H64IN5O7S. The number of carbonyl (C=O) groups is 5. The van der Waals surface area contributed by atoms with Gasteiger partial charge in [-0.05, 0) is 77.2 Å². The van der Waals surface area contributed by atoms with Gasteiger partial charge >= 0.3 is 6.03 Å². The first kappa shape index (κ1) is 43.5. The molecule has 0 aromatic carbocycles. The summed E-state index contributed by atoms with van der Waals surface area (Å²) in [6.07, 6.45) is 12.8. The largest absolute Gasteiger partial charge is 0.347 e. The molecule has 1 heterocycles. The SMILES string of the molecule is CCCC[C@H](NC(=O)C1=CC(C(C)(C)I)CN1C(=O)[C@@H](NC(=O)NC1(CS(=O)(=O)C(C)(C)C)CCCCC1)C1(C)CCCCC1)C(=O)C(=O)NC1CC1. The zero-order valence-corrected chi connectivity index (χ0v) is 36.0. The summed E-state index contributed by atoms with van der Waals surface area (Å²) in [6, 6.07) is -2.65. The van der Waals surface area contributed by atoms with Crippen molar-refractivity contribution in [2.75, 3.05) is 12.3 Å². The van der Waals surface area contributed by atoms with E-state index in [4.69, 9.17) is 0 Å². The number of carbonyl (C=O) groups excluding carboxylic acids is 5. The van der Waals surface area contributed by atoms with E-state index in [1.54, 1.807) is 26.8 Å². The number of unbranched alkanes of at least 4 members (excludes halogenated alkanes) is 1. The van der Waals surface area contributed by atoms with Gasteiger partial charge < -0.3 is 26.2 Å². The fourth-order valence-corrected chi connectivity index (χ4v) is 9.76. The van der Waals surface area contributed by atoms with E-state index in [1.165, 1.54) is 4.90 Å². The van der Waals surface area contributed by atoms with E-state index in [1.807, 2.05) is 27.7 Å². The van der Waals surface area contributed by atoms with Gasteiger partial charge in [0, 0.05) is 21.9 Å². The lowest BCUT2D eigenvalue weighted by molar-refractivity contribution is -0.140. The number of halogens is 1. The lowest BCUT2D eigenvalue weighted by Gasteiger charge is -2.43. The minimum atomic E-state index is -3.58. The molecule has 1 unspecified atom stereocenters. The standard InChI is InChI=1S/C39H64IN5O7S/c1-8-9-16-28(30(46)33(48)41-27-17-18-27)42-32(47)29-23-26(37(5,6)40)24-45(29)34(49)31(38(7)19-12-10-13-20-38)43-35(50)44-39(21-14-11-15-22-39)25-53(51,52)36(2,3)4/h23,26-28,31H,8-22,24-25H2,1-7H3,(H,41,48)(H,42,47)(H2,43,44,50)/t26?,28-,31+/m0/s1. The third-order valence-corrected chi connectivity index (χ3v) is 15.4. The summed E-state index contributed by atoms with van der Waals surface area (Å²) in [6.45, 7) is 13.2. The van der Waals surface area contributed by atoms with Crippen molar-refractivity contribution in [2.45, 2.75) is 177 Å². The normalized spacial score (nSPS) is 22.9. The first-order valence-electron chi connectivity index (χ1n) is 19.8. The van der Waals surface area contributed by atoms with Gasteiger partial charge in [-0.2, -0.15) is 0 Å². The first-order valence-corrected chi connectivity index (χ1v) is 22.5. The Morgan fingerprint density at radius 1 is 0.925 bits per heavy atom. The van der Waals surface area contributed by atoms with Crippen LogP contribution in [-0.4, -0.2) is 87.0 Å². The van der Waals surface area contributed by atoms with Crippen LogP contribution in [0.1, 0.15) is 145 Å². The van der Waals surface area contributed by atoms with Gasteiger partial charge in [0.15, 0.2) is 9.84 Å². The average Bonchev–Trinajstić information content (AvgIpc) is 3.76. The maximum atomic E-state index is 15.0. The van der Waals surface area contributed by atoms with Crippen LogP contribution in [0.15, 0.2) is 11.8 Å². The Bertz CT molecular complexity index is 1520. The van der Waals surface area contributed by atoms with E-state index in [-0.39, 0.29) is 39.8 Å². The van der Waals surface area contributed by atoms with Crippen LogP contribution in [0, 0.1) is 11.3 Å². The molecule has 0 saturated heterocycles. The van der Waals surface area contributed by atoms with Crippen LogP contribution in [0.2, 0.25) is 0 Å². The van der Waals surface area contributed by atoms with Crippen LogP contribution in [0.4, 0.5) is 4.79 Å². The van der Waals surface area contributed by atoms with E-state index >= 15 is 0 Å². The third kappa shape index (κ3) is 11.2. The molecule has 0 aromatic rings. The van der Waals surface area contributed by atoms with E-state index in [9.17, 15) is 32.4 Å². The molecule has 53 heavy (non-hydrogen) atoms. The van der Waals surface area contributed by atoms with Crippen molar-refractivity contribution >= 4 is 62.0 Å². The van der Waals surface area contributed by atoms with Crippen LogP contribution in [0.5, 0.6) is 0 Å². The molecule has 3 aliphatic carbocycles. The quantitative estimate of drug-likeness (QED) is 0.0941. The minimum absolute atomic E-state index is 0.00931. The van der Waals surface area contributed by atoms with Gasteiger partial charge in [-0.3, -0.25) is 19.2 Å². The van der Waals surface area contributed by atoms with Crippen molar-refractivity contribution in [1.29, 1.82) is 0 Å². The number of hydrogen-bond acceptors (Lipinski definition) is 7. The molecule has 0 spiro atoms. The second-order valence-corrected chi connectivity index (χ2v) is 23.4. The molecule has 4 N–H and O–H groups in total. The second-order valence-electron chi connectivity index (χ2n) is 17.9. The van der Waals surface area contributed by atoms with Gasteiger partial charge in [-0.15, -0.1) is 0 Å². The molecule has 12 nitrogen and oxygen atoms in total. The fraction of sp³-hybridized carbons (Fsp3) is 0.821. The van der Waals surface area contributed by atoms with Gasteiger partial charge in [-0.25, -0.2) is 13.2 Å². The molecule has 0 bridgehead atoms. The van der Waals surface area contributed by atoms with Gasteiger partial charge in [-0.1, -0.05) is 102 Å². The molecule has 0 aromatic heterocycles. The molecule has 3 saturated carbocycles. The maximum absolute atomic E-state index is 15.0. The van der Waals surface area contributed by atoms with E-state index in [2.05, 4.69) is 43.9 Å². The minimum Gasteiger partial charge on any atom is -0.347 e. The van der Waals surface area contributed by atoms with Crippen LogP contribution >= 0.6 is 22.6 Å². The molecule has 4 aliphatic rings. The number of nitrogens with zero attached hydrogens (tertiary/aromatic N) is 1. The van der Waals surface area contributed by atoms with E-state index < -0.39 is 67.2 Å². The Morgan fingerprint density at radius 2 is 1.51 bits per heavy atom. The first-order chi connectivity index (χ1) is 24.6. The summed E-state index contributed by atoms with van der Waals surface area (Å²) in [5, 5.41) is 11.7. The Balaban J connectivity index is 1.64. The Hall–Kier alpha value is -2.23. The number of ketones is 1. The van der Waals surface area contributed by atoms with Gasteiger partial charge in [0.25, 0.3) is 11.8 Å². The van der Waals surface area contributed by atoms with Crippen molar-refractivity contribution in [3.63, 3.8) is 0 Å². The number of nitrogens with one attached hydrogen (secondary N) is 4. The third-order valence-electron chi connectivity index (χ3n) is 11.8. The van der Waals surface area contributed by atoms with Crippen LogP contribution in [-0.2, 0) is 29.0 Å². The monoisotopic (exact) mass is 873 g/mol. The lowest BCUT2D eigenvalue weighted by atomic mass is 9.70. The molecule has 300 valence electrons. The summed E-state index contributed by atoms with van der Waals surface area (Å²) < 4.78 is 25.6. The van der Waals surface area contributed by atoms with Crippen LogP contribution in [0.25, 0.3) is 0 Å². The van der Waals surface area contributed by atoms with Crippen molar-refractivity contribution < 1.29 is 32.4 Å². The van der Waals surface area contributed by atoms with E-state index in [0.717, 1.165) is 57.8 Å². The molecule has 3 atom stereocenters. The number of amides is 5. The van der Waals surface area contributed by atoms with Crippen molar-refractivity contribution in [3.8, 4) is 0 Å². The van der Waals surface area contributed by atoms with Crippen molar-refractivity contribution in [1.82, 2.24) is 26.2 Å². The van der Waals surface area contributed by atoms with E-state index in [0.29, 0.717) is 32.1 Å².